The molecule has 7 heteroatoms. The molecule has 0 fully saturated rings. The standard InChI is InChI=1S/C23H21N5O2/c1-15-13-20(22(29)25-14-16-8-10-18(30-2)11-9-16)28-23(26-15)27-19-7-3-5-17-6-4-12-24-21(17)19/h3-13H,14H2,1-2H3,(H,25,29)(H,26,27,28). The van der Waals surface area contributed by atoms with E-state index >= 15 is 0 Å². The summed E-state index contributed by atoms with van der Waals surface area (Å²) >= 11 is 0. The lowest BCUT2D eigenvalue weighted by Gasteiger charge is -2.10. The number of hydrogen-bond acceptors (Lipinski definition) is 6. The van der Waals surface area contributed by atoms with Crippen molar-refractivity contribution in [1.29, 1.82) is 0 Å². The highest BCUT2D eigenvalue weighted by atomic mass is 16.5. The van der Waals surface area contributed by atoms with Gasteiger partial charge < -0.3 is 15.4 Å². The summed E-state index contributed by atoms with van der Waals surface area (Å²) in [5.41, 5.74) is 3.55. The van der Waals surface area contributed by atoms with Crippen LogP contribution in [0.3, 0.4) is 0 Å². The van der Waals surface area contributed by atoms with Crippen LogP contribution < -0.4 is 15.4 Å². The minimum absolute atomic E-state index is 0.268. The third-order valence-electron chi connectivity index (χ3n) is 4.58. The fourth-order valence-corrected chi connectivity index (χ4v) is 3.08. The van der Waals surface area contributed by atoms with Crippen molar-refractivity contribution >= 4 is 28.4 Å². The molecule has 0 aliphatic heterocycles. The zero-order valence-corrected chi connectivity index (χ0v) is 16.7. The normalized spacial score (nSPS) is 10.6. The van der Waals surface area contributed by atoms with E-state index in [1.54, 1.807) is 19.4 Å². The molecular formula is C23H21N5O2. The first-order chi connectivity index (χ1) is 14.6. The summed E-state index contributed by atoms with van der Waals surface area (Å²) in [6.07, 6.45) is 1.74. The van der Waals surface area contributed by atoms with Crippen molar-refractivity contribution in [3.63, 3.8) is 0 Å². The number of aromatic nitrogens is 3. The molecule has 0 saturated carbocycles. The number of carbonyl (C=O) groups excluding carboxylic acids is 1. The number of fused-ring (bicyclic) bond motifs is 1. The number of para-hydroxylation sites is 1. The lowest BCUT2D eigenvalue weighted by atomic mass is 10.2. The van der Waals surface area contributed by atoms with E-state index < -0.39 is 0 Å². The van der Waals surface area contributed by atoms with E-state index in [9.17, 15) is 4.79 Å². The average Bonchev–Trinajstić information content (AvgIpc) is 2.77. The predicted octanol–water partition coefficient (Wildman–Crippen LogP) is 4.02. The summed E-state index contributed by atoms with van der Waals surface area (Å²) in [5, 5.41) is 7.09. The highest BCUT2D eigenvalue weighted by molar-refractivity contribution is 5.93. The summed E-state index contributed by atoms with van der Waals surface area (Å²) in [4.78, 5) is 25.9. The molecule has 0 saturated heterocycles. The second kappa shape index (κ2) is 8.57. The smallest absolute Gasteiger partial charge is 0.270 e. The first-order valence-electron chi connectivity index (χ1n) is 9.50. The van der Waals surface area contributed by atoms with Gasteiger partial charge in [-0.15, -0.1) is 0 Å². The molecular weight excluding hydrogens is 378 g/mol. The molecule has 150 valence electrons. The Hall–Kier alpha value is -4.00. The Kier molecular flexibility index (Phi) is 5.52. The molecule has 0 radical (unpaired) electrons. The van der Waals surface area contributed by atoms with E-state index in [1.165, 1.54) is 0 Å². The third-order valence-corrected chi connectivity index (χ3v) is 4.58. The molecule has 0 aliphatic rings. The van der Waals surface area contributed by atoms with E-state index in [1.807, 2.05) is 61.5 Å². The fourth-order valence-electron chi connectivity index (χ4n) is 3.08. The molecule has 0 bridgehead atoms. The zero-order chi connectivity index (χ0) is 20.9. The number of ether oxygens (including phenoxy) is 1. The van der Waals surface area contributed by atoms with Gasteiger partial charge in [0.15, 0.2) is 0 Å². The third kappa shape index (κ3) is 4.35. The monoisotopic (exact) mass is 399 g/mol. The molecule has 4 rings (SSSR count). The van der Waals surface area contributed by atoms with Crippen LogP contribution >= 0.6 is 0 Å². The van der Waals surface area contributed by atoms with Gasteiger partial charge >= 0.3 is 0 Å². The fraction of sp³-hybridized carbons (Fsp3) is 0.130. The van der Waals surface area contributed by atoms with Crippen molar-refractivity contribution in [2.24, 2.45) is 0 Å². The van der Waals surface area contributed by atoms with Gasteiger partial charge in [-0.25, -0.2) is 9.97 Å². The molecule has 0 spiro atoms. The number of aryl methyl sites for hydroxylation is 1. The summed E-state index contributed by atoms with van der Waals surface area (Å²) in [7, 11) is 1.62. The van der Waals surface area contributed by atoms with Gasteiger partial charge in [-0.2, -0.15) is 0 Å². The SMILES string of the molecule is COc1ccc(CNC(=O)c2cc(C)nc(Nc3cccc4cccnc34)n2)cc1. The van der Waals surface area contributed by atoms with Crippen molar-refractivity contribution in [2.75, 3.05) is 12.4 Å². The minimum atomic E-state index is -0.268. The van der Waals surface area contributed by atoms with Gasteiger partial charge in [0.2, 0.25) is 5.95 Å². The number of hydrogen-bond donors (Lipinski definition) is 2. The van der Waals surface area contributed by atoms with Crippen LogP contribution in [0.5, 0.6) is 5.75 Å². The van der Waals surface area contributed by atoms with Gasteiger partial charge in [-0.1, -0.05) is 30.3 Å². The van der Waals surface area contributed by atoms with Crippen LogP contribution in [0, 0.1) is 6.92 Å². The number of nitrogens with zero attached hydrogens (tertiary/aromatic N) is 3. The Labute approximate surface area is 174 Å². The van der Waals surface area contributed by atoms with Crippen molar-refractivity contribution in [3.05, 3.63) is 83.8 Å². The van der Waals surface area contributed by atoms with Crippen molar-refractivity contribution in [1.82, 2.24) is 20.3 Å². The van der Waals surface area contributed by atoms with Crippen molar-refractivity contribution in [2.45, 2.75) is 13.5 Å². The number of carbonyl (C=O) groups is 1. The van der Waals surface area contributed by atoms with Crippen molar-refractivity contribution in [3.8, 4) is 5.75 Å². The number of methoxy groups -OCH3 is 1. The molecule has 7 nitrogen and oxygen atoms in total. The number of benzene rings is 2. The molecule has 2 aromatic heterocycles. The van der Waals surface area contributed by atoms with Gasteiger partial charge in [0.05, 0.1) is 18.3 Å². The van der Waals surface area contributed by atoms with Crippen LogP contribution in [0.4, 0.5) is 11.6 Å². The predicted molar refractivity (Wildman–Crippen MR) is 116 cm³/mol. The lowest BCUT2D eigenvalue weighted by molar-refractivity contribution is 0.0945. The quantitative estimate of drug-likeness (QED) is 0.509. The maximum Gasteiger partial charge on any atom is 0.270 e. The maximum atomic E-state index is 12.6. The Morgan fingerprint density at radius 3 is 2.63 bits per heavy atom. The van der Waals surface area contributed by atoms with Gasteiger partial charge in [0.25, 0.3) is 5.91 Å². The van der Waals surface area contributed by atoms with E-state index in [-0.39, 0.29) is 5.91 Å². The topological polar surface area (TPSA) is 89.0 Å². The van der Waals surface area contributed by atoms with E-state index in [0.717, 1.165) is 27.9 Å². The molecule has 0 unspecified atom stereocenters. The number of amides is 1. The number of rotatable bonds is 6. The van der Waals surface area contributed by atoms with Gasteiger partial charge in [0.1, 0.15) is 11.4 Å². The van der Waals surface area contributed by atoms with Crippen LogP contribution in [-0.2, 0) is 6.54 Å². The molecule has 4 aromatic rings. The maximum absolute atomic E-state index is 12.6. The van der Waals surface area contributed by atoms with Crippen molar-refractivity contribution < 1.29 is 9.53 Å². The molecule has 0 aliphatic carbocycles. The Morgan fingerprint density at radius 2 is 1.83 bits per heavy atom. The van der Waals surface area contributed by atoms with Gasteiger partial charge in [0, 0.05) is 23.8 Å². The summed E-state index contributed by atoms with van der Waals surface area (Å²) in [6.45, 7) is 2.22. The molecule has 0 atom stereocenters. The summed E-state index contributed by atoms with van der Waals surface area (Å²) < 4.78 is 5.15. The Balaban J connectivity index is 1.51. The molecule has 2 N–H and O–H groups in total. The summed E-state index contributed by atoms with van der Waals surface area (Å²) in [5.74, 6) is 0.855. The van der Waals surface area contributed by atoms with Crippen LogP contribution in [-0.4, -0.2) is 28.0 Å². The van der Waals surface area contributed by atoms with Crippen LogP contribution in [0.2, 0.25) is 0 Å². The minimum Gasteiger partial charge on any atom is -0.497 e. The van der Waals surface area contributed by atoms with Crippen LogP contribution in [0.15, 0.2) is 66.9 Å². The van der Waals surface area contributed by atoms with Crippen LogP contribution in [0.1, 0.15) is 21.7 Å². The number of nitrogens with one attached hydrogen (secondary N) is 2. The second-order valence-electron chi connectivity index (χ2n) is 6.75. The average molecular weight is 399 g/mol. The Morgan fingerprint density at radius 1 is 1.03 bits per heavy atom. The zero-order valence-electron chi connectivity index (χ0n) is 16.7. The first kappa shape index (κ1) is 19.3. The lowest BCUT2D eigenvalue weighted by Crippen LogP contribution is -2.24. The molecule has 1 amide bonds. The highest BCUT2D eigenvalue weighted by Crippen LogP contribution is 2.23. The van der Waals surface area contributed by atoms with Crippen LogP contribution in [0.25, 0.3) is 10.9 Å². The number of pyridine rings is 1. The van der Waals surface area contributed by atoms with Gasteiger partial charge in [-0.3, -0.25) is 9.78 Å². The molecule has 2 heterocycles. The largest absolute Gasteiger partial charge is 0.497 e. The van der Waals surface area contributed by atoms with Gasteiger partial charge in [-0.05, 0) is 42.8 Å². The van der Waals surface area contributed by atoms with E-state index in [4.69, 9.17) is 4.74 Å². The first-order valence-corrected chi connectivity index (χ1v) is 9.50. The Bertz CT molecular complexity index is 1190. The summed E-state index contributed by atoms with van der Waals surface area (Å²) in [6, 6.07) is 18.9. The van der Waals surface area contributed by atoms with E-state index in [0.29, 0.717) is 23.9 Å². The molecule has 2 aromatic carbocycles. The van der Waals surface area contributed by atoms with E-state index in [2.05, 4.69) is 25.6 Å². The number of anilines is 2. The second-order valence-corrected chi connectivity index (χ2v) is 6.75. The molecule has 30 heavy (non-hydrogen) atoms. The highest BCUT2D eigenvalue weighted by Gasteiger charge is 2.12.